The normalized spacial score (nSPS) is 17.3. The van der Waals surface area contributed by atoms with Crippen LogP contribution in [0.3, 0.4) is 0 Å². The predicted molar refractivity (Wildman–Crippen MR) is 133 cm³/mol. The molecular weight excluding hydrogens is 512 g/mol. The van der Waals surface area contributed by atoms with Crippen LogP contribution in [0.25, 0.3) is 22.2 Å². The van der Waals surface area contributed by atoms with Gasteiger partial charge in [0.2, 0.25) is 0 Å². The van der Waals surface area contributed by atoms with E-state index in [-0.39, 0.29) is 28.3 Å². The van der Waals surface area contributed by atoms with Crippen LogP contribution in [0.4, 0.5) is 8.78 Å². The third-order valence-electron chi connectivity index (χ3n) is 6.51. The van der Waals surface area contributed by atoms with Crippen molar-refractivity contribution in [2.75, 3.05) is 11.5 Å². The minimum absolute atomic E-state index is 0.0720. The third kappa shape index (κ3) is 4.84. The average Bonchev–Trinajstić information content (AvgIpc) is 3.46. The van der Waals surface area contributed by atoms with Crippen molar-refractivity contribution in [3.63, 3.8) is 0 Å². The minimum atomic E-state index is -3.11. The summed E-state index contributed by atoms with van der Waals surface area (Å²) < 4.78 is 61.4. The Morgan fingerprint density at radius 1 is 1.19 bits per heavy atom. The van der Waals surface area contributed by atoms with Gasteiger partial charge in [0, 0.05) is 12.0 Å². The molecule has 1 fully saturated rings. The second-order valence-corrected chi connectivity index (χ2v) is 11.6. The van der Waals surface area contributed by atoms with E-state index in [9.17, 15) is 17.2 Å². The van der Waals surface area contributed by atoms with E-state index in [4.69, 9.17) is 21.1 Å². The number of hydrogen-bond donors (Lipinski definition) is 0. The van der Waals surface area contributed by atoms with Crippen LogP contribution in [-0.2, 0) is 22.7 Å². The van der Waals surface area contributed by atoms with E-state index in [2.05, 4.69) is 9.89 Å². The van der Waals surface area contributed by atoms with E-state index in [1.807, 2.05) is 36.6 Å². The van der Waals surface area contributed by atoms with Crippen LogP contribution >= 0.6 is 11.6 Å². The Bertz CT molecular complexity index is 1530. The summed E-state index contributed by atoms with van der Waals surface area (Å²) in [5, 5.41) is 4.14. The van der Waals surface area contributed by atoms with Gasteiger partial charge in [0.15, 0.2) is 9.84 Å². The van der Waals surface area contributed by atoms with Gasteiger partial charge in [-0.05, 0) is 62.1 Å². The number of rotatable bonds is 7. The van der Waals surface area contributed by atoms with Gasteiger partial charge < -0.3 is 13.8 Å². The molecule has 0 saturated carbocycles. The lowest BCUT2D eigenvalue weighted by Crippen LogP contribution is -2.14. The molecule has 0 aliphatic carbocycles. The number of alkyl halides is 2. The maximum atomic E-state index is 12.5. The molecule has 190 valence electrons. The number of sulfone groups is 1. The van der Waals surface area contributed by atoms with Crippen LogP contribution in [0.15, 0.2) is 40.9 Å². The Hall–Kier alpha value is -2.98. The molecule has 0 bridgehead atoms. The van der Waals surface area contributed by atoms with Gasteiger partial charge in [-0.1, -0.05) is 28.9 Å². The largest absolute Gasteiger partial charge is 0.433 e. The maximum absolute atomic E-state index is 12.5. The molecule has 4 aromatic rings. The number of benzene rings is 2. The van der Waals surface area contributed by atoms with Crippen LogP contribution < -0.4 is 4.74 Å². The standard InChI is InChI=1S/C25H24ClF2N3O4S/c1-14-24(15(2)35-30-14)17-5-6-21-20(12-17)29-23(31(21)18-9-10-36(32,33)13-18)8-4-16-3-7-22(19(26)11-16)34-25(27)28/h3,5-7,11-12,18,25H,4,8-10,13H2,1-2H3. The molecule has 11 heteroatoms. The van der Waals surface area contributed by atoms with Crippen LogP contribution in [-0.4, -0.2) is 41.2 Å². The quantitative estimate of drug-likeness (QED) is 0.301. The van der Waals surface area contributed by atoms with E-state index < -0.39 is 16.4 Å². The summed E-state index contributed by atoms with van der Waals surface area (Å²) in [7, 11) is -3.11. The molecule has 7 nitrogen and oxygen atoms in total. The molecule has 2 aromatic heterocycles. The first kappa shape index (κ1) is 24.7. The van der Waals surface area contributed by atoms with Crippen molar-refractivity contribution in [3.05, 3.63) is 64.3 Å². The second-order valence-electron chi connectivity index (χ2n) is 9.00. The lowest BCUT2D eigenvalue weighted by molar-refractivity contribution is -0.0497. The number of fused-ring (bicyclic) bond motifs is 1. The van der Waals surface area contributed by atoms with Gasteiger partial charge in [-0.25, -0.2) is 13.4 Å². The predicted octanol–water partition coefficient (Wildman–Crippen LogP) is 5.71. The van der Waals surface area contributed by atoms with Gasteiger partial charge in [0.25, 0.3) is 0 Å². The molecule has 2 aromatic carbocycles. The first-order valence-electron chi connectivity index (χ1n) is 11.5. The highest BCUT2D eigenvalue weighted by Crippen LogP contribution is 2.34. The highest BCUT2D eigenvalue weighted by atomic mass is 35.5. The van der Waals surface area contributed by atoms with Crippen LogP contribution in [0.5, 0.6) is 5.75 Å². The van der Waals surface area contributed by atoms with Crippen molar-refractivity contribution in [3.8, 4) is 16.9 Å². The van der Waals surface area contributed by atoms with Crippen molar-refractivity contribution >= 4 is 32.5 Å². The Balaban J connectivity index is 1.50. The highest BCUT2D eigenvalue weighted by Gasteiger charge is 2.32. The molecule has 0 radical (unpaired) electrons. The number of ether oxygens (including phenoxy) is 1. The fourth-order valence-corrected chi connectivity index (χ4v) is 6.86. The van der Waals surface area contributed by atoms with Gasteiger partial charge in [0.05, 0.1) is 39.3 Å². The van der Waals surface area contributed by atoms with Crippen LogP contribution in [0.2, 0.25) is 5.02 Å². The summed E-state index contributed by atoms with van der Waals surface area (Å²) in [5.41, 5.74) is 5.07. The summed E-state index contributed by atoms with van der Waals surface area (Å²) in [5.74, 6) is 1.61. The molecule has 0 N–H and O–H groups in total. The van der Waals surface area contributed by atoms with Gasteiger partial charge in [-0.3, -0.25) is 0 Å². The first-order chi connectivity index (χ1) is 17.1. The van der Waals surface area contributed by atoms with Crippen molar-refractivity contribution in [2.45, 2.75) is 45.8 Å². The van der Waals surface area contributed by atoms with Crippen molar-refractivity contribution < 1.29 is 26.5 Å². The topological polar surface area (TPSA) is 87.2 Å². The van der Waals surface area contributed by atoms with Crippen molar-refractivity contribution in [1.29, 1.82) is 0 Å². The van der Waals surface area contributed by atoms with E-state index in [0.717, 1.165) is 39.2 Å². The zero-order valence-corrected chi connectivity index (χ0v) is 21.2. The van der Waals surface area contributed by atoms with Gasteiger partial charge in [0.1, 0.15) is 17.3 Å². The van der Waals surface area contributed by atoms with Crippen molar-refractivity contribution in [2.24, 2.45) is 0 Å². The van der Waals surface area contributed by atoms with Crippen molar-refractivity contribution in [1.82, 2.24) is 14.7 Å². The minimum Gasteiger partial charge on any atom is -0.433 e. The second kappa shape index (κ2) is 9.48. The Morgan fingerprint density at radius 3 is 2.64 bits per heavy atom. The lowest BCUT2D eigenvalue weighted by atomic mass is 10.0. The summed E-state index contributed by atoms with van der Waals surface area (Å²) in [4.78, 5) is 4.89. The third-order valence-corrected chi connectivity index (χ3v) is 8.55. The van der Waals surface area contributed by atoms with Gasteiger partial charge in [-0.15, -0.1) is 0 Å². The summed E-state index contributed by atoms with van der Waals surface area (Å²) >= 11 is 6.12. The molecule has 1 aliphatic heterocycles. The van der Waals surface area contributed by atoms with E-state index in [1.165, 1.54) is 6.07 Å². The smallest absolute Gasteiger partial charge is 0.387 e. The highest BCUT2D eigenvalue weighted by molar-refractivity contribution is 7.91. The number of nitrogens with zero attached hydrogens (tertiary/aromatic N) is 3. The van der Waals surface area contributed by atoms with Gasteiger partial charge >= 0.3 is 6.61 Å². The molecule has 0 spiro atoms. The number of halogens is 3. The molecule has 3 heterocycles. The first-order valence-corrected chi connectivity index (χ1v) is 13.7. The number of hydrogen-bond acceptors (Lipinski definition) is 6. The fraction of sp³-hybridized carbons (Fsp3) is 0.360. The Morgan fingerprint density at radius 2 is 2.00 bits per heavy atom. The molecule has 1 atom stereocenters. The summed E-state index contributed by atoms with van der Waals surface area (Å²) in [6.07, 6.45) is 1.57. The Kier molecular flexibility index (Phi) is 6.50. The number of aromatic nitrogens is 3. The molecule has 1 aliphatic rings. The van der Waals surface area contributed by atoms with Gasteiger partial charge in [-0.2, -0.15) is 8.78 Å². The fourth-order valence-electron chi connectivity index (χ4n) is 4.91. The molecule has 36 heavy (non-hydrogen) atoms. The number of aryl methyl sites for hydroxylation is 4. The SMILES string of the molecule is Cc1noc(C)c1-c1ccc2c(c1)nc(CCc1ccc(OC(F)F)c(Cl)c1)n2C1CCS(=O)(=O)C1. The molecular formula is C25H24ClF2N3O4S. The molecule has 5 rings (SSSR count). The average molecular weight is 536 g/mol. The zero-order valence-electron chi connectivity index (χ0n) is 19.7. The Labute approximate surface area is 211 Å². The molecule has 0 amide bonds. The molecule has 1 unspecified atom stereocenters. The summed E-state index contributed by atoms with van der Waals surface area (Å²) in [6, 6.07) is 10.4. The van der Waals surface area contributed by atoms with E-state index in [0.29, 0.717) is 25.0 Å². The van der Waals surface area contributed by atoms with Crippen LogP contribution in [0, 0.1) is 13.8 Å². The number of imidazole rings is 1. The maximum Gasteiger partial charge on any atom is 0.387 e. The van der Waals surface area contributed by atoms with Crippen LogP contribution in [0.1, 0.15) is 35.3 Å². The monoisotopic (exact) mass is 535 g/mol. The van der Waals surface area contributed by atoms with E-state index >= 15 is 0 Å². The van der Waals surface area contributed by atoms with E-state index in [1.54, 1.807) is 12.1 Å². The zero-order chi connectivity index (χ0) is 25.6. The lowest BCUT2D eigenvalue weighted by Gasteiger charge is -2.16. The summed E-state index contributed by atoms with van der Waals surface area (Å²) in [6.45, 7) is 0.785. The molecule has 1 saturated heterocycles.